The molecule has 3 atom stereocenters. The molecule has 0 saturated carbocycles. The molecule has 0 aliphatic carbocycles. The fourth-order valence-electron chi connectivity index (χ4n) is 1.99. The van der Waals surface area contributed by atoms with Gasteiger partial charge >= 0.3 is 0 Å². The largest absolute Gasteiger partial charge is 0.384 e. The highest BCUT2D eigenvalue weighted by Gasteiger charge is 2.27. The van der Waals surface area contributed by atoms with Crippen molar-refractivity contribution in [2.45, 2.75) is 26.3 Å². The van der Waals surface area contributed by atoms with Gasteiger partial charge in [-0.05, 0) is 24.8 Å². The van der Waals surface area contributed by atoms with E-state index in [4.69, 9.17) is 4.74 Å². The Labute approximate surface area is 69.3 Å². The van der Waals surface area contributed by atoms with Crippen molar-refractivity contribution < 1.29 is 4.74 Å². The molecule has 1 heterocycles. The minimum absolute atomic E-state index is 0.650. The first-order valence-corrected chi connectivity index (χ1v) is 4.48. The fraction of sp³-hybridized carbons (Fsp3) is 1.00. The summed E-state index contributed by atoms with van der Waals surface area (Å²) >= 11 is 0. The Kier molecular flexibility index (Phi) is 3.34. The van der Waals surface area contributed by atoms with Crippen molar-refractivity contribution >= 4 is 0 Å². The van der Waals surface area contributed by atoms with Crippen LogP contribution in [-0.2, 0) is 4.74 Å². The van der Waals surface area contributed by atoms with Crippen molar-refractivity contribution in [2.24, 2.45) is 11.8 Å². The summed E-state index contributed by atoms with van der Waals surface area (Å²) in [5, 5.41) is 3.51. The zero-order chi connectivity index (χ0) is 8.27. The smallest absolute Gasteiger partial charge is 0.0502 e. The maximum Gasteiger partial charge on any atom is 0.0502 e. The molecule has 0 aromatic heterocycles. The summed E-state index contributed by atoms with van der Waals surface area (Å²) in [6, 6.07) is 0.676. The van der Waals surface area contributed by atoms with E-state index in [1.54, 1.807) is 7.11 Å². The maximum absolute atomic E-state index is 5.12. The van der Waals surface area contributed by atoms with E-state index in [-0.39, 0.29) is 0 Å². The first-order chi connectivity index (χ1) is 5.25. The molecule has 0 aromatic carbocycles. The van der Waals surface area contributed by atoms with Gasteiger partial charge in [0.05, 0.1) is 6.61 Å². The summed E-state index contributed by atoms with van der Waals surface area (Å²) in [6.45, 7) is 6.63. The Balaban J connectivity index is 2.33. The van der Waals surface area contributed by atoms with Crippen LogP contribution in [0.15, 0.2) is 0 Å². The van der Waals surface area contributed by atoms with E-state index >= 15 is 0 Å². The molecule has 2 heteroatoms. The van der Waals surface area contributed by atoms with Gasteiger partial charge in [0, 0.05) is 13.2 Å². The standard InChI is InChI=1S/C9H19NO/c1-7-4-5-10-9(7)8(2)6-11-3/h7-10H,4-6H2,1-3H3. The van der Waals surface area contributed by atoms with Gasteiger partial charge in [0.25, 0.3) is 0 Å². The molecule has 66 valence electrons. The number of ether oxygens (including phenoxy) is 1. The van der Waals surface area contributed by atoms with Crippen LogP contribution in [0, 0.1) is 11.8 Å². The van der Waals surface area contributed by atoms with Crippen LogP contribution in [0.4, 0.5) is 0 Å². The predicted molar refractivity (Wildman–Crippen MR) is 46.6 cm³/mol. The van der Waals surface area contributed by atoms with Gasteiger partial charge in [-0.2, -0.15) is 0 Å². The number of hydrogen-bond donors (Lipinski definition) is 1. The summed E-state index contributed by atoms with van der Waals surface area (Å²) in [6.07, 6.45) is 1.32. The van der Waals surface area contributed by atoms with Crippen LogP contribution in [0.1, 0.15) is 20.3 Å². The highest BCUT2D eigenvalue weighted by molar-refractivity contribution is 4.84. The number of hydrogen-bond acceptors (Lipinski definition) is 2. The molecule has 1 aliphatic rings. The monoisotopic (exact) mass is 157 g/mol. The molecular weight excluding hydrogens is 138 g/mol. The SMILES string of the molecule is COCC(C)C1NCCC1C. The first-order valence-electron chi connectivity index (χ1n) is 4.48. The molecule has 1 saturated heterocycles. The average Bonchev–Trinajstić information content (AvgIpc) is 2.36. The topological polar surface area (TPSA) is 21.3 Å². The Bertz CT molecular complexity index is 116. The first kappa shape index (κ1) is 9.01. The fourth-order valence-corrected chi connectivity index (χ4v) is 1.99. The van der Waals surface area contributed by atoms with Crippen LogP contribution >= 0.6 is 0 Å². The van der Waals surface area contributed by atoms with Crippen molar-refractivity contribution in [2.75, 3.05) is 20.3 Å². The zero-order valence-corrected chi connectivity index (χ0v) is 7.76. The molecule has 0 spiro atoms. The Morgan fingerprint density at radius 2 is 2.36 bits per heavy atom. The van der Waals surface area contributed by atoms with Crippen molar-refractivity contribution in [3.63, 3.8) is 0 Å². The summed E-state index contributed by atoms with van der Waals surface area (Å²) in [4.78, 5) is 0. The van der Waals surface area contributed by atoms with E-state index in [9.17, 15) is 0 Å². The van der Waals surface area contributed by atoms with Gasteiger partial charge in [-0.1, -0.05) is 13.8 Å². The molecule has 0 radical (unpaired) electrons. The van der Waals surface area contributed by atoms with Gasteiger partial charge in [-0.25, -0.2) is 0 Å². The number of methoxy groups -OCH3 is 1. The lowest BCUT2D eigenvalue weighted by Gasteiger charge is -2.22. The number of rotatable bonds is 3. The van der Waals surface area contributed by atoms with E-state index in [1.165, 1.54) is 13.0 Å². The lowest BCUT2D eigenvalue weighted by molar-refractivity contribution is 0.135. The molecule has 0 bridgehead atoms. The van der Waals surface area contributed by atoms with Crippen LogP contribution in [0.5, 0.6) is 0 Å². The summed E-state index contributed by atoms with van der Waals surface area (Å²) in [5.41, 5.74) is 0. The minimum Gasteiger partial charge on any atom is -0.384 e. The minimum atomic E-state index is 0.650. The lowest BCUT2D eigenvalue weighted by atomic mass is 9.93. The van der Waals surface area contributed by atoms with Crippen molar-refractivity contribution in [1.82, 2.24) is 5.32 Å². The maximum atomic E-state index is 5.12. The lowest BCUT2D eigenvalue weighted by Crippen LogP contribution is -2.34. The van der Waals surface area contributed by atoms with Crippen molar-refractivity contribution in [3.05, 3.63) is 0 Å². The molecule has 0 aromatic rings. The second kappa shape index (κ2) is 4.07. The van der Waals surface area contributed by atoms with Gasteiger partial charge in [0.15, 0.2) is 0 Å². The van der Waals surface area contributed by atoms with Gasteiger partial charge in [0.2, 0.25) is 0 Å². The van der Waals surface area contributed by atoms with Crippen LogP contribution in [0.3, 0.4) is 0 Å². The third-order valence-corrected chi connectivity index (χ3v) is 2.64. The molecular formula is C9H19NO. The van der Waals surface area contributed by atoms with Crippen molar-refractivity contribution in [1.29, 1.82) is 0 Å². The van der Waals surface area contributed by atoms with Crippen LogP contribution in [0.25, 0.3) is 0 Å². The van der Waals surface area contributed by atoms with Crippen LogP contribution < -0.4 is 5.32 Å². The summed E-state index contributed by atoms with van der Waals surface area (Å²) < 4.78 is 5.12. The van der Waals surface area contributed by atoms with Gasteiger partial charge in [-0.15, -0.1) is 0 Å². The molecule has 11 heavy (non-hydrogen) atoms. The van der Waals surface area contributed by atoms with E-state index in [2.05, 4.69) is 19.2 Å². The molecule has 1 aliphatic heterocycles. The third-order valence-electron chi connectivity index (χ3n) is 2.64. The molecule has 1 fully saturated rings. The molecule has 1 rings (SSSR count). The van der Waals surface area contributed by atoms with Crippen LogP contribution in [0.2, 0.25) is 0 Å². The van der Waals surface area contributed by atoms with E-state index in [0.717, 1.165) is 12.5 Å². The Hall–Kier alpha value is -0.0800. The van der Waals surface area contributed by atoms with Gasteiger partial charge < -0.3 is 10.1 Å². The molecule has 2 nitrogen and oxygen atoms in total. The molecule has 3 unspecified atom stereocenters. The van der Waals surface area contributed by atoms with E-state index < -0.39 is 0 Å². The molecule has 0 amide bonds. The summed E-state index contributed by atoms with van der Waals surface area (Å²) in [5.74, 6) is 1.47. The third kappa shape index (κ3) is 2.17. The Morgan fingerprint density at radius 1 is 1.64 bits per heavy atom. The van der Waals surface area contributed by atoms with Crippen molar-refractivity contribution in [3.8, 4) is 0 Å². The highest BCUT2D eigenvalue weighted by atomic mass is 16.5. The Morgan fingerprint density at radius 3 is 2.82 bits per heavy atom. The average molecular weight is 157 g/mol. The summed E-state index contributed by atoms with van der Waals surface area (Å²) in [7, 11) is 1.77. The normalized spacial score (nSPS) is 34.1. The van der Waals surface area contributed by atoms with E-state index in [1.807, 2.05) is 0 Å². The second-order valence-electron chi connectivity index (χ2n) is 3.68. The molecule has 1 N–H and O–H groups in total. The highest BCUT2D eigenvalue weighted by Crippen LogP contribution is 2.21. The quantitative estimate of drug-likeness (QED) is 0.666. The van der Waals surface area contributed by atoms with Gasteiger partial charge in [-0.3, -0.25) is 0 Å². The second-order valence-corrected chi connectivity index (χ2v) is 3.68. The van der Waals surface area contributed by atoms with Gasteiger partial charge in [0.1, 0.15) is 0 Å². The zero-order valence-electron chi connectivity index (χ0n) is 7.76. The van der Waals surface area contributed by atoms with Crippen LogP contribution in [-0.4, -0.2) is 26.3 Å². The predicted octanol–water partition coefficient (Wildman–Crippen LogP) is 1.27. The number of nitrogens with one attached hydrogen (secondary N) is 1. The van der Waals surface area contributed by atoms with E-state index in [0.29, 0.717) is 12.0 Å².